The highest BCUT2D eigenvalue weighted by Gasteiger charge is 2.16. The van der Waals surface area contributed by atoms with Crippen LogP contribution in [0.15, 0.2) is 59.7 Å². The van der Waals surface area contributed by atoms with Crippen molar-refractivity contribution >= 4 is 70.1 Å². The van der Waals surface area contributed by atoms with Gasteiger partial charge in [0.05, 0.1) is 29.1 Å². The van der Waals surface area contributed by atoms with Crippen molar-refractivity contribution in [3.8, 4) is 11.5 Å². The number of benzene rings is 3. The molecule has 7 nitrogen and oxygen atoms in total. The fraction of sp³-hybridized carbons (Fsp3) is 0.0870. The summed E-state index contributed by atoms with van der Waals surface area (Å²) in [4.78, 5) is 24.3. The van der Waals surface area contributed by atoms with Crippen molar-refractivity contribution < 1.29 is 19.1 Å². The molecule has 0 aromatic heterocycles. The van der Waals surface area contributed by atoms with E-state index in [9.17, 15) is 9.59 Å². The number of anilines is 1. The van der Waals surface area contributed by atoms with E-state index >= 15 is 0 Å². The normalized spacial score (nSPS) is 10.7. The third kappa shape index (κ3) is 6.33. The van der Waals surface area contributed by atoms with Crippen LogP contribution in [0.2, 0.25) is 20.1 Å². The van der Waals surface area contributed by atoms with Crippen LogP contribution in [0.25, 0.3) is 0 Å². The summed E-state index contributed by atoms with van der Waals surface area (Å²) in [6, 6.07) is 14.9. The third-order valence-corrected chi connectivity index (χ3v) is 5.95. The number of hydrogen-bond acceptors (Lipinski definition) is 5. The minimum Gasteiger partial charge on any atom is -0.493 e. The SMILES string of the molecule is COc1cccc(/C=N\NC(=O)C(=O)Nc2cccc(Cl)c2Cl)c1OCc1c(Cl)cccc1Cl. The molecule has 0 saturated carbocycles. The maximum atomic E-state index is 12.1. The van der Waals surface area contributed by atoms with E-state index in [1.165, 1.54) is 19.4 Å². The molecule has 11 heteroatoms. The second-order valence-electron chi connectivity index (χ2n) is 6.62. The van der Waals surface area contributed by atoms with E-state index in [1.807, 2.05) is 0 Å². The van der Waals surface area contributed by atoms with Gasteiger partial charge in [0, 0.05) is 21.2 Å². The summed E-state index contributed by atoms with van der Waals surface area (Å²) in [6.07, 6.45) is 1.31. The first-order valence-electron chi connectivity index (χ1n) is 9.63. The lowest BCUT2D eigenvalue weighted by molar-refractivity contribution is -0.136. The molecule has 0 unspecified atom stereocenters. The smallest absolute Gasteiger partial charge is 0.329 e. The Morgan fingerprint density at radius 1 is 0.912 bits per heavy atom. The van der Waals surface area contributed by atoms with Crippen LogP contribution in [0, 0.1) is 0 Å². The Hall–Kier alpha value is -2.97. The molecule has 0 heterocycles. The zero-order valence-electron chi connectivity index (χ0n) is 17.6. The number of nitrogens with one attached hydrogen (secondary N) is 2. The van der Waals surface area contributed by atoms with Crippen molar-refractivity contribution in [3.05, 3.63) is 85.8 Å². The van der Waals surface area contributed by atoms with Gasteiger partial charge < -0.3 is 14.8 Å². The quantitative estimate of drug-likeness (QED) is 0.219. The highest BCUT2D eigenvalue weighted by molar-refractivity contribution is 6.45. The maximum absolute atomic E-state index is 12.1. The van der Waals surface area contributed by atoms with Crippen molar-refractivity contribution in [2.24, 2.45) is 5.10 Å². The van der Waals surface area contributed by atoms with E-state index in [0.29, 0.717) is 32.7 Å². The number of para-hydroxylation sites is 1. The molecule has 0 fully saturated rings. The molecule has 0 aliphatic heterocycles. The average Bonchev–Trinajstić information content (AvgIpc) is 2.82. The lowest BCUT2D eigenvalue weighted by Crippen LogP contribution is -2.32. The standard InChI is InChI=1S/C23H17Cl4N3O4/c1-33-19-10-2-5-13(21(19)34-12-14-15(24)6-3-7-16(14)25)11-28-30-23(32)22(31)29-18-9-4-8-17(26)20(18)27/h2-11H,12H2,1H3,(H,29,31)(H,30,32)/b28-11-. The van der Waals surface area contributed by atoms with Gasteiger partial charge in [0.25, 0.3) is 0 Å². The van der Waals surface area contributed by atoms with E-state index in [0.717, 1.165) is 0 Å². The van der Waals surface area contributed by atoms with Crippen molar-refractivity contribution in [1.82, 2.24) is 5.43 Å². The molecule has 2 N–H and O–H groups in total. The van der Waals surface area contributed by atoms with Gasteiger partial charge in [-0.25, -0.2) is 5.43 Å². The minimum atomic E-state index is -1.01. The molecule has 3 aromatic carbocycles. The molecule has 0 radical (unpaired) electrons. The summed E-state index contributed by atoms with van der Waals surface area (Å²) < 4.78 is 11.3. The first-order valence-corrected chi connectivity index (χ1v) is 11.1. The van der Waals surface area contributed by atoms with Gasteiger partial charge >= 0.3 is 11.8 Å². The van der Waals surface area contributed by atoms with Crippen LogP contribution < -0.4 is 20.2 Å². The number of hydrogen-bond donors (Lipinski definition) is 2. The fourth-order valence-electron chi connectivity index (χ4n) is 2.75. The number of carbonyl (C=O) groups excluding carboxylic acids is 2. The van der Waals surface area contributed by atoms with Gasteiger partial charge in [-0.05, 0) is 36.4 Å². The molecule has 0 aliphatic rings. The zero-order chi connectivity index (χ0) is 24.7. The number of hydrazone groups is 1. The largest absolute Gasteiger partial charge is 0.493 e. The van der Waals surface area contributed by atoms with Gasteiger partial charge in [0.15, 0.2) is 11.5 Å². The van der Waals surface area contributed by atoms with Gasteiger partial charge in [-0.15, -0.1) is 0 Å². The molecule has 3 aromatic rings. The van der Waals surface area contributed by atoms with E-state index in [2.05, 4.69) is 15.8 Å². The summed E-state index contributed by atoms with van der Waals surface area (Å²) in [5.74, 6) is -1.22. The Labute approximate surface area is 215 Å². The van der Waals surface area contributed by atoms with E-state index in [4.69, 9.17) is 55.9 Å². The summed E-state index contributed by atoms with van der Waals surface area (Å²) in [7, 11) is 1.48. The number of halogens is 4. The van der Waals surface area contributed by atoms with Crippen LogP contribution in [0.3, 0.4) is 0 Å². The highest BCUT2D eigenvalue weighted by atomic mass is 35.5. The van der Waals surface area contributed by atoms with Crippen LogP contribution in [-0.2, 0) is 16.2 Å². The van der Waals surface area contributed by atoms with Gasteiger partial charge in [-0.1, -0.05) is 64.6 Å². The maximum Gasteiger partial charge on any atom is 0.329 e. The van der Waals surface area contributed by atoms with Gasteiger partial charge in [-0.3, -0.25) is 9.59 Å². The van der Waals surface area contributed by atoms with Crippen molar-refractivity contribution in [2.45, 2.75) is 6.61 Å². The molecule has 0 atom stereocenters. The molecule has 0 saturated heterocycles. The minimum absolute atomic E-state index is 0.0644. The number of methoxy groups -OCH3 is 1. The summed E-state index contributed by atoms with van der Waals surface area (Å²) in [5.41, 5.74) is 3.41. The molecule has 176 valence electrons. The Balaban J connectivity index is 1.71. The average molecular weight is 541 g/mol. The fourth-order valence-corrected chi connectivity index (χ4v) is 3.61. The molecule has 2 amide bonds. The molecular formula is C23H17Cl4N3O4. The second-order valence-corrected chi connectivity index (χ2v) is 8.22. The van der Waals surface area contributed by atoms with Gasteiger partial charge in [0.2, 0.25) is 0 Å². The lowest BCUT2D eigenvalue weighted by Gasteiger charge is -2.14. The predicted octanol–water partition coefficient (Wildman–Crippen LogP) is 5.98. The summed E-state index contributed by atoms with van der Waals surface area (Å²) in [5, 5.41) is 7.47. The number of amides is 2. The Kier molecular flexibility index (Phi) is 9.01. The number of rotatable bonds is 7. The first-order chi connectivity index (χ1) is 16.3. The van der Waals surface area contributed by atoms with Crippen LogP contribution in [0.1, 0.15) is 11.1 Å². The van der Waals surface area contributed by atoms with E-state index < -0.39 is 11.8 Å². The number of nitrogens with zero attached hydrogens (tertiary/aromatic N) is 1. The Morgan fingerprint density at radius 3 is 2.26 bits per heavy atom. The molecule has 0 spiro atoms. The lowest BCUT2D eigenvalue weighted by atomic mass is 10.2. The number of ether oxygens (including phenoxy) is 2. The molecule has 3 rings (SSSR count). The summed E-state index contributed by atoms with van der Waals surface area (Å²) >= 11 is 24.3. The monoisotopic (exact) mass is 539 g/mol. The van der Waals surface area contributed by atoms with E-state index in [-0.39, 0.29) is 22.3 Å². The van der Waals surface area contributed by atoms with Crippen LogP contribution in [-0.4, -0.2) is 25.1 Å². The van der Waals surface area contributed by atoms with Crippen molar-refractivity contribution in [1.29, 1.82) is 0 Å². The summed E-state index contributed by atoms with van der Waals surface area (Å²) in [6.45, 7) is 0.0644. The van der Waals surface area contributed by atoms with Crippen LogP contribution in [0.5, 0.6) is 11.5 Å². The Morgan fingerprint density at radius 2 is 1.56 bits per heavy atom. The molecule has 0 aliphatic carbocycles. The molecular weight excluding hydrogens is 524 g/mol. The highest BCUT2D eigenvalue weighted by Crippen LogP contribution is 2.33. The first kappa shape index (κ1) is 25.6. The van der Waals surface area contributed by atoms with Crippen LogP contribution >= 0.6 is 46.4 Å². The third-order valence-electron chi connectivity index (χ3n) is 4.43. The zero-order valence-corrected chi connectivity index (χ0v) is 20.6. The topological polar surface area (TPSA) is 89.0 Å². The van der Waals surface area contributed by atoms with Gasteiger partial charge in [0.1, 0.15) is 6.61 Å². The van der Waals surface area contributed by atoms with Gasteiger partial charge in [-0.2, -0.15) is 5.10 Å². The predicted molar refractivity (Wildman–Crippen MR) is 135 cm³/mol. The number of carbonyl (C=O) groups is 2. The molecule has 0 bridgehead atoms. The van der Waals surface area contributed by atoms with Crippen LogP contribution in [0.4, 0.5) is 5.69 Å². The van der Waals surface area contributed by atoms with E-state index in [1.54, 1.807) is 48.5 Å². The van der Waals surface area contributed by atoms with Crippen molar-refractivity contribution in [3.63, 3.8) is 0 Å². The Bertz CT molecular complexity index is 1230. The second kappa shape index (κ2) is 11.9. The molecule has 34 heavy (non-hydrogen) atoms. The van der Waals surface area contributed by atoms with Crippen molar-refractivity contribution in [2.75, 3.05) is 12.4 Å².